The molecule has 0 spiro atoms. The lowest BCUT2D eigenvalue weighted by Gasteiger charge is -2.09. The third-order valence-corrected chi connectivity index (χ3v) is 2.51. The molecule has 0 saturated carbocycles. The highest BCUT2D eigenvalue weighted by Gasteiger charge is 1.98. The van der Waals surface area contributed by atoms with Gasteiger partial charge in [0.2, 0.25) is 0 Å². The summed E-state index contributed by atoms with van der Waals surface area (Å²) in [7, 11) is 1.67. The normalized spacial score (nSPS) is 10.3. The van der Waals surface area contributed by atoms with Gasteiger partial charge in [0.15, 0.2) is 0 Å². The summed E-state index contributed by atoms with van der Waals surface area (Å²) in [6.07, 6.45) is 1.14. The third kappa shape index (κ3) is 5.84. The highest BCUT2D eigenvalue weighted by atomic mass is 16.5. The lowest BCUT2D eigenvalue weighted by Crippen LogP contribution is -2.19. The van der Waals surface area contributed by atoms with Crippen LogP contribution in [0.5, 0.6) is 5.75 Å². The van der Waals surface area contributed by atoms with Gasteiger partial charge in [-0.15, -0.1) is 0 Å². The molecule has 3 nitrogen and oxygen atoms in total. The second-order valence-electron chi connectivity index (χ2n) is 4.27. The van der Waals surface area contributed by atoms with Gasteiger partial charge in [0, 0.05) is 6.54 Å². The highest BCUT2D eigenvalue weighted by molar-refractivity contribution is 5.27. The maximum absolute atomic E-state index is 5.62. The quantitative estimate of drug-likeness (QED) is 0.539. The summed E-state index contributed by atoms with van der Waals surface area (Å²) >= 11 is 0. The van der Waals surface area contributed by atoms with Gasteiger partial charge >= 0.3 is 0 Å². The number of ether oxygens (including phenoxy) is 2. The molecule has 0 aromatic heterocycles. The highest BCUT2D eigenvalue weighted by Crippen LogP contribution is 2.13. The van der Waals surface area contributed by atoms with Gasteiger partial charge in [0.25, 0.3) is 0 Å². The van der Waals surface area contributed by atoms with E-state index < -0.39 is 0 Å². The Labute approximate surface area is 110 Å². The Morgan fingerprint density at radius 3 is 2.94 bits per heavy atom. The molecule has 1 rings (SSSR count). The first-order chi connectivity index (χ1) is 8.76. The maximum Gasteiger partial charge on any atom is 0.119 e. The van der Waals surface area contributed by atoms with Crippen molar-refractivity contribution in [2.75, 3.05) is 26.8 Å². The zero-order valence-corrected chi connectivity index (χ0v) is 11.4. The first-order valence-corrected chi connectivity index (χ1v) is 6.34. The lowest BCUT2D eigenvalue weighted by molar-refractivity contribution is 0.141. The summed E-state index contributed by atoms with van der Waals surface area (Å²) < 4.78 is 10.8. The van der Waals surface area contributed by atoms with E-state index in [9.17, 15) is 0 Å². The molecule has 0 aliphatic carbocycles. The fourth-order valence-electron chi connectivity index (χ4n) is 1.57. The smallest absolute Gasteiger partial charge is 0.119 e. The first-order valence-electron chi connectivity index (χ1n) is 6.34. The molecule has 0 amide bonds. The predicted molar refractivity (Wildman–Crippen MR) is 75.0 cm³/mol. The average molecular weight is 249 g/mol. The molecule has 100 valence electrons. The fraction of sp³-hybridized carbons (Fsp3) is 0.467. The second-order valence-corrected chi connectivity index (χ2v) is 4.27. The van der Waals surface area contributed by atoms with Crippen LogP contribution >= 0.6 is 0 Å². The molecule has 0 fully saturated rings. The van der Waals surface area contributed by atoms with Crippen molar-refractivity contribution < 1.29 is 9.47 Å². The maximum atomic E-state index is 5.62. The molecule has 18 heavy (non-hydrogen) atoms. The third-order valence-electron chi connectivity index (χ3n) is 2.51. The molecule has 0 bridgehead atoms. The van der Waals surface area contributed by atoms with Crippen molar-refractivity contribution in [3.05, 3.63) is 42.0 Å². The topological polar surface area (TPSA) is 30.5 Å². The lowest BCUT2D eigenvalue weighted by atomic mass is 10.2. The van der Waals surface area contributed by atoms with E-state index >= 15 is 0 Å². The number of hydrogen-bond acceptors (Lipinski definition) is 3. The van der Waals surface area contributed by atoms with Gasteiger partial charge < -0.3 is 14.8 Å². The predicted octanol–water partition coefficient (Wildman–Crippen LogP) is 2.77. The van der Waals surface area contributed by atoms with E-state index in [2.05, 4.69) is 18.8 Å². The van der Waals surface area contributed by atoms with Crippen LogP contribution in [0.15, 0.2) is 36.4 Å². The van der Waals surface area contributed by atoms with E-state index in [4.69, 9.17) is 9.47 Å². The van der Waals surface area contributed by atoms with Gasteiger partial charge in [-0.05, 0) is 36.2 Å². The monoisotopic (exact) mass is 249 g/mol. The van der Waals surface area contributed by atoms with Crippen LogP contribution in [0.25, 0.3) is 0 Å². The zero-order valence-electron chi connectivity index (χ0n) is 11.4. The number of rotatable bonds is 9. The standard InChI is InChI=1S/C15H23NO2/c1-4-8-16-10-13(2)11-18-12-14-6-5-7-15(9-14)17-3/h5-7,9,16H,2,4,8,10-12H2,1,3H3. The van der Waals surface area contributed by atoms with Gasteiger partial charge in [-0.3, -0.25) is 0 Å². The Bertz CT molecular complexity index is 363. The van der Waals surface area contributed by atoms with Crippen LogP contribution in [0.1, 0.15) is 18.9 Å². The fourth-order valence-corrected chi connectivity index (χ4v) is 1.57. The van der Waals surface area contributed by atoms with Gasteiger partial charge in [0.1, 0.15) is 5.75 Å². The van der Waals surface area contributed by atoms with Gasteiger partial charge in [-0.1, -0.05) is 25.6 Å². The molecule has 1 aromatic rings. The molecule has 0 heterocycles. The Morgan fingerprint density at radius 2 is 2.22 bits per heavy atom. The van der Waals surface area contributed by atoms with Crippen LogP contribution in [0.2, 0.25) is 0 Å². The number of methoxy groups -OCH3 is 1. The average Bonchev–Trinajstić information content (AvgIpc) is 2.39. The second kappa shape index (κ2) is 8.72. The molecular weight excluding hydrogens is 226 g/mol. The van der Waals surface area contributed by atoms with E-state index in [0.717, 1.165) is 36.4 Å². The van der Waals surface area contributed by atoms with Gasteiger partial charge in [-0.2, -0.15) is 0 Å². The van der Waals surface area contributed by atoms with E-state index in [-0.39, 0.29) is 0 Å². The van der Waals surface area contributed by atoms with Crippen LogP contribution in [0.3, 0.4) is 0 Å². The zero-order chi connectivity index (χ0) is 13.2. The Balaban J connectivity index is 2.22. The van der Waals surface area contributed by atoms with Crippen molar-refractivity contribution in [2.24, 2.45) is 0 Å². The van der Waals surface area contributed by atoms with Gasteiger partial charge in [-0.25, -0.2) is 0 Å². The number of nitrogens with one attached hydrogen (secondary N) is 1. The summed E-state index contributed by atoms with van der Waals surface area (Å²) in [5.74, 6) is 0.861. The Kier molecular flexibility index (Phi) is 7.14. The summed E-state index contributed by atoms with van der Waals surface area (Å²) in [6.45, 7) is 9.15. The molecular formula is C15H23NO2. The molecule has 0 aliphatic rings. The number of benzene rings is 1. The van der Waals surface area contributed by atoms with Crippen molar-refractivity contribution in [2.45, 2.75) is 20.0 Å². The molecule has 0 atom stereocenters. The summed E-state index contributed by atoms with van der Waals surface area (Å²) in [5.41, 5.74) is 2.19. The molecule has 0 saturated heterocycles. The molecule has 1 N–H and O–H groups in total. The van der Waals surface area contributed by atoms with Crippen LogP contribution in [-0.2, 0) is 11.3 Å². The van der Waals surface area contributed by atoms with Crippen LogP contribution < -0.4 is 10.1 Å². The van der Waals surface area contributed by atoms with Crippen molar-refractivity contribution >= 4 is 0 Å². The largest absolute Gasteiger partial charge is 0.497 e. The summed E-state index contributed by atoms with van der Waals surface area (Å²) in [6, 6.07) is 7.91. The van der Waals surface area contributed by atoms with Crippen molar-refractivity contribution in [3.63, 3.8) is 0 Å². The number of hydrogen-bond donors (Lipinski definition) is 1. The van der Waals surface area contributed by atoms with Gasteiger partial charge in [0.05, 0.1) is 20.3 Å². The minimum Gasteiger partial charge on any atom is -0.497 e. The SMILES string of the molecule is C=C(CNCCC)COCc1cccc(OC)c1. The van der Waals surface area contributed by atoms with E-state index in [1.54, 1.807) is 7.11 Å². The minimum atomic E-state index is 0.587. The first kappa shape index (κ1) is 14.7. The van der Waals surface area contributed by atoms with Crippen LogP contribution in [0.4, 0.5) is 0 Å². The van der Waals surface area contributed by atoms with Crippen molar-refractivity contribution in [1.82, 2.24) is 5.32 Å². The molecule has 0 radical (unpaired) electrons. The van der Waals surface area contributed by atoms with E-state index in [1.165, 1.54) is 0 Å². The molecule has 0 unspecified atom stereocenters. The van der Waals surface area contributed by atoms with Crippen LogP contribution in [-0.4, -0.2) is 26.8 Å². The van der Waals surface area contributed by atoms with E-state index in [0.29, 0.717) is 13.2 Å². The molecule has 1 aromatic carbocycles. The summed E-state index contributed by atoms with van der Waals surface area (Å²) in [5, 5.41) is 3.30. The van der Waals surface area contributed by atoms with Crippen molar-refractivity contribution in [3.8, 4) is 5.75 Å². The molecule has 3 heteroatoms. The Hall–Kier alpha value is -1.32. The minimum absolute atomic E-state index is 0.587. The van der Waals surface area contributed by atoms with E-state index in [1.807, 2.05) is 24.3 Å². The summed E-state index contributed by atoms with van der Waals surface area (Å²) in [4.78, 5) is 0. The van der Waals surface area contributed by atoms with Crippen molar-refractivity contribution in [1.29, 1.82) is 0 Å². The Morgan fingerprint density at radius 1 is 1.39 bits per heavy atom. The van der Waals surface area contributed by atoms with Crippen LogP contribution in [0, 0.1) is 0 Å². The molecule has 0 aliphatic heterocycles.